The summed E-state index contributed by atoms with van der Waals surface area (Å²) in [6, 6.07) is 11.2. The number of nitrogens with one attached hydrogen (secondary N) is 1. The molecule has 1 atom stereocenters. The summed E-state index contributed by atoms with van der Waals surface area (Å²) in [7, 11) is 0. The number of aryl methyl sites for hydroxylation is 1. The lowest BCUT2D eigenvalue weighted by molar-refractivity contribution is -0.118. The number of ether oxygens (including phenoxy) is 1. The predicted octanol–water partition coefficient (Wildman–Crippen LogP) is 1.98. The molecule has 1 radical (unpaired) electrons. The summed E-state index contributed by atoms with van der Waals surface area (Å²) < 4.78 is 5.69. The maximum atomic E-state index is 11.6. The fraction of sp³-hybridized carbons (Fsp3) is 0.176. The molecule has 1 aromatic heterocycles. The highest BCUT2D eigenvalue weighted by Gasteiger charge is 2.31. The van der Waals surface area contributed by atoms with E-state index in [1.807, 2.05) is 19.1 Å². The quantitative estimate of drug-likeness (QED) is 0.847. The van der Waals surface area contributed by atoms with Gasteiger partial charge in [-0.15, -0.1) is 0 Å². The zero-order valence-corrected chi connectivity index (χ0v) is 14.1. The first-order valence-electron chi connectivity index (χ1n) is 7.40. The Morgan fingerprint density at radius 2 is 2.20 bits per heavy atom. The Bertz CT molecular complexity index is 869. The standard InChI is InChI=1S/C17H14N3O4S/c1-9-7-10(8-13-16(22)20-17(23)25-13)5-6-12(9)24-14-4-2-3-11(19-14)15(18)21/h2,4-7,13H,8H2,1H3,(H2,18,21)(H,20,22,23). The molecule has 2 heterocycles. The molecule has 7 nitrogen and oxygen atoms in total. The summed E-state index contributed by atoms with van der Waals surface area (Å²) in [5, 5.41) is 1.54. The van der Waals surface area contributed by atoms with Crippen LogP contribution in [0.15, 0.2) is 30.3 Å². The van der Waals surface area contributed by atoms with Gasteiger partial charge in [-0.1, -0.05) is 23.9 Å². The molecule has 1 unspecified atom stereocenters. The van der Waals surface area contributed by atoms with Gasteiger partial charge in [-0.05, 0) is 36.6 Å². The summed E-state index contributed by atoms with van der Waals surface area (Å²) in [6.45, 7) is 1.86. The van der Waals surface area contributed by atoms with Crippen molar-refractivity contribution in [2.45, 2.75) is 18.6 Å². The van der Waals surface area contributed by atoms with Crippen LogP contribution in [-0.4, -0.2) is 27.3 Å². The summed E-state index contributed by atoms with van der Waals surface area (Å²) in [5.74, 6) is -0.145. The Kier molecular flexibility index (Phi) is 4.71. The minimum atomic E-state index is -0.681. The topological polar surface area (TPSA) is 111 Å². The van der Waals surface area contributed by atoms with Crippen molar-refractivity contribution in [3.63, 3.8) is 0 Å². The van der Waals surface area contributed by atoms with Crippen LogP contribution in [0, 0.1) is 13.0 Å². The van der Waals surface area contributed by atoms with E-state index < -0.39 is 11.2 Å². The highest BCUT2D eigenvalue weighted by atomic mass is 32.2. The number of carbonyl (C=O) groups excluding carboxylic acids is 3. The van der Waals surface area contributed by atoms with Gasteiger partial charge in [-0.3, -0.25) is 19.7 Å². The second-order valence-corrected chi connectivity index (χ2v) is 6.61. The zero-order chi connectivity index (χ0) is 18.0. The molecule has 1 aromatic carbocycles. The Morgan fingerprint density at radius 1 is 1.40 bits per heavy atom. The van der Waals surface area contributed by atoms with E-state index in [4.69, 9.17) is 10.5 Å². The number of imide groups is 1. The molecule has 0 spiro atoms. The van der Waals surface area contributed by atoms with Crippen molar-refractivity contribution in [3.8, 4) is 11.6 Å². The third kappa shape index (κ3) is 3.97. The lowest BCUT2D eigenvalue weighted by Crippen LogP contribution is -2.25. The summed E-state index contributed by atoms with van der Waals surface area (Å²) >= 11 is 0.997. The van der Waals surface area contributed by atoms with Crippen LogP contribution in [0.25, 0.3) is 0 Å². The molecular formula is C17H14N3O4S. The van der Waals surface area contributed by atoms with E-state index in [-0.39, 0.29) is 22.7 Å². The molecule has 0 aliphatic carbocycles. The number of pyridine rings is 1. The smallest absolute Gasteiger partial charge is 0.286 e. The molecule has 1 saturated heterocycles. The van der Waals surface area contributed by atoms with Crippen molar-refractivity contribution < 1.29 is 19.1 Å². The molecule has 2 aromatic rings. The molecule has 1 aliphatic heterocycles. The van der Waals surface area contributed by atoms with E-state index in [2.05, 4.69) is 16.4 Å². The first-order chi connectivity index (χ1) is 11.9. The maximum Gasteiger partial charge on any atom is 0.286 e. The van der Waals surface area contributed by atoms with Gasteiger partial charge in [-0.25, -0.2) is 4.98 Å². The number of hydrogen-bond donors (Lipinski definition) is 2. The van der Waals surface area contributed by atoms with Gasteiger partial charge in [0.05, 0.1) is 5.25 Å². The fourth-order valence-electron chi connectivity index (χ4n) is 2.36. The molecule has 1 fully saturated rings. The van der Waals surface area contributed by atoms with Crippen LogP contribution in [-0.2, 0) is 11.2 Å². The molecule has 1 aliphatic rings. The SMILES string of the molecule is Cc1cc(CC2SC(=O)NC2=O)ccc1Oc1cc[c]c(C(N)=O)n1. The van der Waals surface area contributed by atoms with Gasteiger partial charge < -0.3 is 10.5 Å². The van der Waals surface area contributed by atoms with Crippen LogP contribution in [0.4, 0.5) is 4.79 Å². The normalized spacial score (nSPS) is 16.6. The number of primary amides is 1. The van der Waals surface area contributed by atoms with Gasteiger partial charge in [0, 0.05) is 12.1 Å². The van der Waals surface area contributed by atoms with E-state index in [0.29, 0.717) is 12.2 Å². The number of aromatic nitrogens is 1. The second kappa shape index (κ2) is 6.94. The van der Waals surface area contributed by atoms with E-state index in [9.17, 15) is 14.4 Å². The van der Waals surface area contributed by atoms with Crippen LogP contribution in [0.5, 0.6) is 11.6 Å². The third-order valence-electron chi connectivity index (χ3n) is 3.54. The number of amides is 3. The molecule has 8 heteroatoms. The highest BCUT2D eigenvalue weighted by molar-refractivity contribution is 8.15. The second-order valence-electron chi connectivity index (χ2n) is 5.43. The lowest BCUT2D eigenvalue weighted by Gasteiger charge is -2.11. The molecule has 3 rings (SSSR count). The van der Waals surface area contributed by atoms with Crippen LogP contribution in [0.3, 0.4) is 0 Å². The van der Waals surface area contributed by atoms with Crippen molar-refractivity contribution in [1.29, 1.82) is 0 Å². The Labute approximate surface area is 148 Å². The maximum absolute atomic E-state index is 11.6. The van der Waals surface area contributed by atoms with Crippen LogP contribution in [0.2, 0.25) is 0 Å². The summed E-state index contributed by atoms with van der Waals surface area (Å²) in [5.41, 5.74) is 6.93. The largest absolute Gasteiger partial charge is 0.439 e. The average Bonchev–Trinajstić information content (AvgIpc) is 2.88. The number of nitrogens with zero attached hydrogens (tertiary/aromatic N) is 1. The van der Waals surface area contributed by atoms with Crippen molar-refractivity contribution in [1.82, 2.24) is 10.3 Å². The van der Waals surface area contributed by atoms with Gasteiger partial charge in [0.2, 0.25) is 11.8 Å². The number of benzene rings is 1. The minimum absolute atomic E-state index is 0.000658. The fourth-order valence-corrected chi connectivity index (χ4v) is 3.22. The van der Waals surface area contributed by atoms with Gasteiger partial charge in [0.15, 0.2) is 0 Å². The Balaban J connectivity index is 1.74. The van der Waals surface area contributed by atoms with Gasteiger partial charge in [0.1, 0.15) is 11.4 Å². The molecule has 25 heavy (non-hydrogen) atoms. The molecule has 0 saturated carbocycles. The van der Waals surface area contributed by atoms with Crippen molar-refractivity contribution in [2.24, 2.45) is 5.73 Å². The summed E-state index contributed by atoms with van der Waals surface area (Å²) in [4.78, 5) is 38.0. The Morgan fingerprint density at radius 3 is 2.84 bits per heavy atom. The van der Waals surface area contributed by atoms with Gasteiger partial charge in [-0.2, -0.15) is 0 Å². The zero-order valence-electron chi connectivity index (χ0n) is 13.2. The third-order valence-corrected chi connectivity index (χ3v) is 4.52. The minimum Gasteiger partial charge on any atom is -0.439 e. The number of hydrogen-bond acceptors (Lipinski definition) is 6. The van der Waals surface area contributed by atoms with E-state index in [0.717, 1.165) is 22.9 Å². The first kappa shape index (κ1) is 17.0. The molecule has 127 valence electrons. The number of nitrogens with two attached hydrogens (primary N) is 1. The summed E-state index contributed by atoms with van der Waals surface area (Å²) in [6.07, 6.45) is 0.452. The van der Waals surface area contributed by atoms with Crippen molar-refractivity contribution in [3.05, 3.63) is 53.2 Å². The molecule has 3 amide bonds. The number of carbonyl (C=O) groups is 3. The highest BCUT2D eigenvalue weighted by Crippen LogP contribution is 2.28. The van der Waals surface area contributed by atoms with E-state index in [1.54, 1.807) is 12.1 Å². The van der Waals surface area contributed by atoms with Crippen LogP contribution in [0.1, 0.15) is 21.6 Å². The monoisotopic (exact) mass is 356 g/mol. The van der Waals surface area contributed by atoms with Crippen molar-refractivity contribution in [2.75, 3.05) is 0 Å². The van der Waals surface area contributed by atoms with Crippen molar-refractivity contribution >= 4 is 28.8 Å². The van der Waals surface area contributed by atoms with Gasteiger partial charge >= 0.3 is 0 Å². The number of rotatable bonds is 5. The molecular weight excluding hydrogens is 342 g/mol. The molecule has 0 bridgehead atoms. The number of thioether (sulfide) groups is 1. The van der Waals surface area contributed by atoms with Crippen LogP contribution < -0.4 is 15.8 Å². The lowest BCUT2D eigenvalue weighted by atomic mass is 10.1. The predicted molar refractivity (Wildman–Crippen MR) is 91.5 cm³/mol. The van der Waals surface area contributed by atoms with Crippen LogP contribution >= 0.6 is 11.8 Å². The average molecular weight is 356 g/mol. The first-order valence-corrected chi connectivity index (χ1v) is 8.28. The Hall–Kier alpha value is -2.87. The van der Waals surface area contributed by atoms with E-state index in [1.165, 1.54) is 6.07 Å². The van der Waals surface area contributed by atoms with Gasteiger partial charge in [0.25, 0.3) is 11.1 Å². The molecule has 3 N–H and O–H groups in total. The van der Waals surface area contributed by atoms with E-state index >= 15 is 0 Å².